The largest absolute Gasteiger partial charge is 0.391 e. The molecule has 1 unspecified atom stereocenters. The fourth-order valence-corrected chi connectivity index (χ4v) is 3.07. The highest BCUT2D eigenvalue weighted by Crippen LogP contribution is 2.22. The Morgan fingerprint density at radius 2 is 1.85 bits per heavy atom. The summed E-state index contributed by atoms with van der Waals surface area (Å²) in [6.45, 7) is 4.02. The fourth-order valence-electron chi connectivity index (χ4n) is 3.07. The second-order valence-electron chi connectivity index (χ2n) is 5.83. The fraction of sp³-hybridized carbons (Fsp3) is 0.562. The van der Waals surface area contributed by atoms with Gasteiger partial charge < -0.3 is 14.9 Å². The van der Waals surface area contributed by atoms with Gasteiger partial charge in [0.05, 0.1) is 19.1 Å². The molecule has 2 heterocycles. The summed E-state index contributed by atoms with van der Waals surface area (Å²) in [5.41, 5.74) is 2.21. The zero-order valence-electron chi connectivity index (χ0n) is 11.8. The molecule has 0 bridgehead atoms. The molecule has 0 spiro atoms. The van der Waals surface area contributed by atoms with Crippen LogP contribution in [0.15, 0.2) is 24.3 Å². The summed E-state index contributed by atoms with van der Waals surface area (Å²) in [7, 11) is 0. The van der Waals surface area contributed by atoms with Crippen molar-refractivity contribution in [1.82, 2.24) is 4.90 Å². The molecule has 1 N–H and O–H groups in total. The maximum absolute atomic E-state index is 11.7. The van der Waals surface area contributed by atoms with E-state index >= 15 is 0 Å². The molecule has 2 aliphatic rings. The van der Waals surface area contributed by atoms with Gasteiger partial charge in [-0.25, -0.2) is 0 Å². The predicted molar refractivity (Wildman–Crippen MR) is 78.8 cm³/mol. The van der Waals surface area contributed by atoms with Crippen LogP contribution in [0.2, 0.25) is 0 Å². The van der Waals surface area contributed by atoms with E-state index in [0.717, 1.165) is 18.7 Å². The summed E-state index contributed by atoms with van der Waals surface area (Å²) in [6.07, 6.45) is 3.46. The number of carbonyl (C=O) groups is 1. The van der Waals surface area contributed by atoms with Crippen molar-refractivity contribution in [2.75, 3.05) is 31.1 Å². The van der Waals surface area contributed by atoms with Crippen LogP contribution in [-0.2, 0) is 11.2 Å². The average Bonchev–Trinajstić information content (AvgIpc) is 3.07. The molecule has 3 rings (SSSR count). The predicted octanol–water partition coefficient (Wildman–Crippen LogP) is 1.42. The van der Waals surface area contributed by atoms with Gasteiger partial charge in [0.25, 0.3) is 0 Å². The number of amides is 1. The average molecular weight is 274 g/mol. The Balaban J connectivity index is 1.58. The Morgan fingerprint density at radius 1 is 1.15 bits per heavy atom. The molecule has 2 fully saturated rings. The summed E-state index contributed by atoms with van der Waals surface area (Å²) in [4.78, 5) is 15.9. The van der Waals surface area contributed by atoms with Gasteiger partial charge in [-0.05, 0) is 50.0 Å². The molecule has 0 aromatic heterocycles. The van der Waals surface area contributed by atoms with Gasteiger partial charge in [-0.2, -0.15) is 0 Å². The minimum atomic E-state index is -0.516. The first-order valence-corrected chi connectivity index (χ1v) is 7.52. The molecule has 0 radical (unpaired) electrons. The normalized spacial score (nSPS) is 23.8. The van der Waals surface area contributed by atoms with Crippen LogP contribution in [0.25, 0.3) is 0 Å². The number of anilines is 1. The van der Waals surface area contributed by atoms with Crippen LogP contribution in [0.5, 0.6) is 0 Å². The number of hydrogen-bond acceptors (Lipinski definition) is 3. The summed E-state index contributed by atoms with van der Waals surface area (Å²) in [5, 5.41) is 9.52. The quantitative estimate of drug-likeness (QED) is 0.903. The molecule has 20 heavy (non-hydrogen) atoms. The van der Waals surface area contributed by atoms with Gasteiger partial charge in [-0.3, -0.25) is 4.79 Å². The number of likely N-dealkylation sites (tertiary alicyclic amines) is 1. The van der Waals surface area contributed by atoms with Gasteiger partial charge in [0.2, 0.25) is 5.91 Å². The van der Waals surface area contributed by atoms with E-state index in [0.29, 0.717) is 6.54 Å². The molecule has 1 aromatic rings. The summed E-state index contributed by atoms with van der Waals surface area (Å²) in [6, 6.07) is 8.19. The van der Waals surface area contributed by atoms with E-state index in [2.05, 4.69) is 17.0 Å². The van der Waals surface area contributed by atoms with Crippen LogP contribution in [-0.4, -0.2) is 48.2 Å². The number of benzene rings is 1. The molecule has 2 saturated heterocycles. The van der Waals surface area contributed by atoms with Crippen LogP contribution >= 0.6 is 0 Å². The maximum Gasteiger partial charge on any atom is 0.229 e. The van der Waals surface area contributed by atoms with E-state index in [9.17, 15) is 9.90 Å². The first-order chi connectivity index (χ1) is 9.72. The molecular formula is C16H22N2O2. The third kappa shape index (κ3) is 3.02. The minimum Gasteiger partial charge on any atom is -0.391 e. The number of rotatable bonds is 4. The smallest absolute Gasteiger partial charge is 0.229 e. The van der Waals surface area contributed by atoms with Gasteiger partial charge in [0, 0.05) is 12.2 Å². The minimum absolute atomic E-state index is 0.0160. The van der Waals surface area contributed by atoms with Gasteiger partial charge >= 0.3 is 0 Å². The van der Waals surface area contributed by atoms with Crippen LogP contribution in [0.3, 0.4) is 0 Å². The lowest BCUT2D eigenvalue weighted by Crippen LogP contribution is -2.25. The topological polar surface area (TPSA) is 43.8 Å². The van der Waals surface area contributed by atoms with Gasteiger partial charge in [0.15, 0.2) is 0 Å². The lowest BCUT2D eigenvalue weighted by molar-refractivity contribution is -0.117. The lowest BCUT2D eigenvalue weighted by atomic mass is 10.1. The molecule has 4 heteroatoms. The monoisotopic (exact) mass is 274 g/mol. The van der Waals surface area contributed by atoms with Gasteiger partial charge in [0.1, 0.15) is 0 Å². The van der Waals surface area contributed by atoms with E-state index in [4.69, 9.17) is 0 Å². The van der Waals surface area contributed by atoms with Crippen molar-refractivity contribution in [2.24, 2.45) is 0 Å². The second kappa shape index (κ2) is 5.94. The molecule has 1 atom stereocenters. The van der Waals surface area contributed by atoms with E-state index in [-0.39, 0.29) is 12.3 Å². The Labute approximate surface area is 120 Å². The van der Waals surface area contributed by atoms with Gasteiger partial charge in [-0.15, -0.1) is 0 Å². The van der Waals surface area contributed by atoms with Crippen molar-refractivity contribution in [2.45, 2.75) is 31.8 Å². The number of aliphatic hydroxyl groups excluding tert-OH is 1. The van der Waals surface area contributed by atoms with Crippen molar-refractivity contribution < 1.29 is 9.90 Å². The van der Waals surface area contributed by atoms with Crippen LogP contribution < -0.4 is 4.90 Å². The van der Waals surface area contributed by atoms with Crippen molar-refractivity contribution >= 4 is 11.6 Å². The summed E-state index contributed by atoms with van der Waals surface area (Å²) >= 11 is 0. The van der Waals surface area contributed by atoms with Crippen LogP contribution in [0.4, 0.5) is 5.69 Å². The Hall–Kier alpha value is -1.39. The van der Waals surface area contributed by atoms with Crippen LogP contribution in [0.1, 0.15) is 24.8 Å². The van der Waals surface area contributed by atoms with Crippen molar-refractivity contribution in [1.29, 1.82) is 0 Å². The van der Waals surface area contributed by atoms with Crippen LogP contribution in [0, 0.1) is 0 Å². The molecule has 0 aliphatic carbocycles. The zero-order chi connectivity index (χ0) is 13.9. The van der Waals surface area contributed by atoms with E-state index in [1.807, 2.05) is 12.1 Å². The SMILES string of the molecule is O=C1CC(O)CN1c1ccc(CCN2CCCC2)cc1. The lowest BCUT2D eigenvalue weighted by Gasteiger charge is -2.17. The first kappa shape index (κ1) is 13.6. The van der Waals surface area contributed by atoms with E-state index in [1.54, 1.807) is 4.90 Å². The van der Waals surface area contributed by atoms with Gasteiger partial charge in [-0.1, -0.05) is 12.1 Å². The number of nitrogens with zero attached hydrogens (tertiary/aromatic N) is 2. The second-order valence-corrected chi connectivity index (χ2v) is 5.83. The highest BCUT2D eigenvalue weighted by Gasteiger charge is 2.28. The molecule has 108 valence electrons. The Morgan fingerprint density at radius 3 is 2.45 bits per heavy atom. The third-order valence-electron chi connectivity index (χ3n) is 4.27. The Bertz CT molecular complexity index is 466. The van der Waals surface area contributed by atoms with Crippen molar-refractivity contribution in [3.63, 3.8) is 0 Å². The molecule has 0 saturated carbocycles. The van der Waals surface area contributed by atoms with Crippen molar-refractivity contribution in [3.05, 3.63) is 29.8 Å². The summed E-state index contributed by atoms with van der Waals surface area (Å²) < 4.78 is 0. The summed E-state index contributed by atoms with van der Waals surface area (Å²) in [5.74, 6) is 0.0160. The first-order valence-electron chi connectivity index (χ1n) is 7.52. The molecule has 1 amide bonds. The number of hydrogen-bond donors (Lipinski definition) is 1. The zero-order valence-corrected chi connectivity index (χ0v) is 11.8. The van der Waals surface area contributed by atoms with E-state index in [1.165, 1.54) is 31.5 Å². The molecule has 2 aliphatic heterocycles. The standard InChI is InChI=1S/C16H22N2O2/c19-15-11-16(20)18(12-15)14-5-3-13(4-6-14)7-10-17-8-1-2-9-17/h3-6,15,19H,1-2,7-12H2. The number of carbonyl (C=O) groups excluding carboxylic acids is 1. The Kier molecular flexibility index (Phi) is 4.03. The molecular weight excluding hydrogens is 252 g/mol. The highest BCUT2D eigenvalue weighted by atomic mass is 16.3. The number of aliphatic hydroxyl groups is 1. The van der Waals surface area contributed by atoms with Crippen molar-refractivity contribution in [3.8, 4) is 0 Å². The number of β-amino-alcohol motifs (C(OH)–C–C–N with tert-alkyl or cyclic N) is 1. The highest BCUT2D eigenvalue weighted by molar-refractivity contribution is 5.96. The van der Waals surface area contributed by atoms with E-state index < -0.39 is 6.10 Å². The molecule has 4 nitrogen and oxygen atoms in total. The third-order valence-corrected chi connectivity index (χ3v) is 4.27. The molecule has 1 aromatic carbocycles. The maximum atomic E-state index is 11.7.